The lowest BCUT2D eigenvalue weighted by atomic mass is 10.1. The quantitative estimate of drug-likeness (QED) is 0.445. The first-order valence-corrected chi connectivity index (χ1v) is 11.7. The van der Waals surface area contributed by atoms with Gasteiger partial charge in [-0.1, -0.05) is 23.4 Å². The van der Waals surface area contributed by atoms with Crippen LogP contribution in [0.1, 0.15) is 17.4 Å². The Balaban J connectivity index is 1.84. The Hall–Kier alpha value is -2.56. The van der Waals surface area contributed by atoms with Crippen molar-refractivity contribution in [1.29, 1.82) is 0 Å². The molecule has 0 saturated heterocycles. The predicted molar refractivity (Wildman–Crippen MR) is 121 cm³/mol. The molecule has 2 aromatic heterocycles. The maximum atomic E-state index is 13.6. The van der Waals surface area contributed by atoms with Crippen molar-refractivity contribution in [1.82, 2.24) is 14.5 Å². The van der Waals surface area contributed by atoms with Gasteiger partial charge in [0.05, 0.1) is 30.0 Å². The number of thiophene rings is 1. The molecule has 2 N–H and O–H groups in total. The van der Waals surface area contributed by atoms with Gasteiger partial charge in [-0.3, -0.25) is 14.2 Å². The molecule has 3 heterocycles. The molecule has 2 amide bonds. The monoisotopic (exact) mass is 478 g/mol. The van der Waals surface area contributed by atoms with E-state index in [1.807, 2.05) is 0 Å². The summed E-state index contributed by atoms with van der Waals surface area (Å²) in [4.78, 5) is 44.9. The Morgan fingerprint density at radius 2 is 2.06 bits per heavy atom. The van der Waals surface area contributed by atoms with Crippen molar-refractivity contribution in [3.63, 3.8) is 0 Å². The second-order valence-electron chi connectivity index (χ2n) is 6.82. The van der Waals surface area contributed by atoms with Gasteiger partial charge in [-0.15, -0.1) is 11.3 Å². The Morgan fingerprint density at radius 3 is 2.74 bits per heavy atom. The van der Waals surface area contributed by atoms with Crippen molar-refractivity contribution < 1.29 is 14.3 Å². The van der Waals surface area contributed by atoms with Crippen LogP contribution in [0.25, 0.3) is 15.9 Å². The van der Waals surface area contributed by atoms with Gasteiger partial charge in [0.15, 0.2) is 5.16 Å². The zero-order chi connectivity index (χ0) is 22.1. The number of halogens is 1. The molecule has 0 fully saturated rings. The number of thioether (sulfide) groups is 1. The van der Waals surface area contributed by atoms with E-state index in [9.17, 15) is 14.4 Å². The lowest BCUT2D eigenvalue weighted by Gasteiger charge is -2.25. The van der Waals surface area contributed by atoms with E-state index >= 15 is 0 Å². The lowest BCUT2D eigenvalue weighted by Crippen LogP contribution is -2.36. The zero-order valence-electron chi connectivity index (χ0n) is 16.6. The number of hydrogen-bond acceptors (Lipinski definition) is 7. The van der Waals surface area contributed by atoms with Crippen LogP contribution in [0.3, 0.4) is 0 Å². The molecule has 1 aromatic carbocycles. The van der Waals surface area contributed by atoms with Crippen LogP contribution in [0, 0.1) is 0 Å². The first-order valence-electron chi connectivity index (χ1n) is 9.55. The molecule has 4 rings (SSSR count). The SMILES string of the molecule is CCOC(=O)N1CCc2c(sc3nc(SCC(N)=O)n(-c4ccc(Cl)cc4)c(=O)c23)C1. The fourth-order valence-corrected chi connectivity index (χ4v) is 5.60. The molecule has 11 heteroatoms. The Labute approximate surface area is 190 Å². The first-order chi connectivity index (χ1) is 14.9. The van der Waals surface area contributed by atoms with Gasteiger partial charge in [-0.2, -0.15) is 0 Å². The maximum Gasteiger partial charge on any atom is 0.410 e. The molecule has 0 aliphatic carbocycles. The minimum absolute atomic E-state index is 0.00668. The third-order valence-corrected chi connectivity index (χ3v) is 7.12. The van der Waals surface area contributed by atoms with Crippen LogP contribution in [-0.4, -0.2) is 45.4 Å². The molecule has 1 aliphatic rings. The number of amides is 2. The number of benzene rings is 1. The van der Waals surface area contributed by atoms with Crippen LogP contribution in [0.2, 0.25) is 5.02 Å². The van der Waals surface area contributed by atoms with Gasteiger partial charge in [-0.05, 0) is 43.2 Å². The largest absolute Gasteiger partial charge is 0.450 e. The molecule has 0 radical (unpaired) electrons. The minimum Gasteiger partial charge on any atom is -0.450 e. The summed E-state index contributed by atoms with van der Waals surface area (Å²) < 4.78 is 6.59. The number of carbonyl (C=O) groups is 2. The number of hydrogen-bond donors (Lipinski definition) is 1. The fraction of sp³-hybridized carbons (Fsp3) is 0.300. The highest BCUT2D eigenvalue weighted by Gasteiger charge is 2.28. The van der Waals surface area contributed by atoms with Crippen LogP contribution < -0.4 is 11.3 Å². The van der Waals surface area contributed by atoms with Gasteiger partial charge in [-0.25, -0.2) is 9.78 Å². The number of primary amides is 1. The molecule has 0 saturated carbocycles. The number of fused-ring (bicyclic) bond motifs is 3. The molecule has 162 valence electrons. The standard InChI is InChI=1S/C20H19ClN4O4S2/c1-2-29-20(28)24-8-7-13-14(9-24)31-17-16(13)18(27)25(12-5-3-11(21)4-6-12)19(23-17)30-10-15(22)26/h3-6H,2,7-10H2,1H3,(H2,22,26). The van der Waals surface area contributed by atoms with E-state index < -0.39 is 5.91 Å². The molecule has 0 unspecified atom stereocenters. The van der Waals surface area contributed by atoms with E-state index in [1.165, 1.54) is 15.9 Å². The van der Waals surface area contributed by atoms with Crippen molar-refractivity contribution in [2.75, 3.05) is 18.9 Å². The molecule has 8 nitrogen and oxygen atoms in total. The maximum absolute atomic E-state index is 13.6. The van der Waals surface area contributed by atoms with Gasteiger partial charge in [0.25, 0.3) is 5.56 Å². The number of aromatic nitrogens is 2. The summed E-state index contributed by atoms with van der Waals surface area (Å²) in [5, 5.41) is 1.46. The van der Waals surface area contributed by atoms with E-state index in [0.29, 0.717) is 52.2 Å². The predicted octanol–water partition coefficient (Wildman–Crippen LogP) is 3.19. The minimum atomic E-state index is -0.502. The molecule has 0 atom stereocenters. The van der Waals surface area contributed by atoms with E-state index in [-0.39, 0.29) is 17.4 Å². The van der Waals surface area contributed by atoms with Crippen LogP contribution in [0.15, 0.2) is 34.2 Å². The summed E-state index contributed by atoms with van der Waals surface area (Å²) >= 11 is 8.50. The zero-order valence-corrected chi connectivity index (χ0v) is 19.0. The summed E-state index contributed by atoms with van der Waals surface area (Å²) in [7, 11) is 0. The molecule has 1 aliphatic heterocycles. The third kappa shape index (κ3) is 4.28. The van der Waals surface area contributed by atoms with Gasteiger partial charge >= 0.3 is 6.09 Å². The molecular formula is C20H19ClN4O4S2. The van der Waals surface area contributed by atoms with E-state index in [4.69, 9.17) is 22.1 Å². The summed E-state index contributed by atoms with van der Waals surface area (Å²) in [6.45, 7) is 2.92. The highest BCUT2D eigenvalue weighted by molar-refractivity contribution is 7.99. The summed E-state index contributed by atoms with van der Waals surface area (Å²) in [5.74, 6) is -0.509. The number of nitrogens with zero attached hydrogens (tertiary/aromatic N) is 3. The van der Waals surface area contributed by atoms with Gasteiger partial charge < -0.3 is 15.4 Å². The number of rotatable bonds is 5. The summed E-state index contributed by atoms with van der Waals surface area (Å²) in [5.41, 5.74) is 6.59. The number of carbonyl (C=O) groups excluding carboxylic acids is 2. The van der Waals surface area contributed by atoms with Crippen LogP contribution in [0.4, 0.5) is 4.79 Å². The molecule has 31 heavy (non-hydrogen) atoms. The number of nitrogens with two attached hydrogens (primary N) is 1. The molecule has 0 bridgehead atoms. The van der Waals surface area contributed by atoms with E-state index in [0.717, 1.165) is 22.2 Å². The summed E-state index contributed by atoms with van der Waals surface area (Å²) in [6, 6.07) is 6.84. The fourth-order valence-electron chi connectivity index (χ4n) is 3.44. The molecule has 3 aromatic rings. The summed E-state index contributed by atoms with van der Waals surface area (Å²) in [6.07, 6.45) is 0.175. The van der Waals surface area contributed by atoms with Crippen LogP contribution in [-0.2, 0) is 22.5 Å². The molecule has 0 spiro atoms. The Bertz CT molecular complexity index is 1220. The van der Waals surface area contributed by atoms with Crippen molar-refractivity contribution in [2.45, 2.75) is 25.0 Å². The normalized spacial score (nSPS) is 13.3. The second kappa shape index (κ2) is 8.89. The topological polar surface area (TPSA) is 108 Å². The lowest BCUT2D eigenvalue weighted by molar-refractivity contribution is -0.115. The highest BCUT2D eigenvalue weighted by atomic mass is 35.5. The van der Waals surface area contributed by atoms with Crippen molar-refractivity contribution in [3.8, 4) is 5.69 Å². The number of ether oxygens (including phenoxy) is 1. The average Bonchev–Trinajstić information content (AvgIpc) is 3.11. The van der Waals surface area contributed by atoms with Crippen LogP contribution in [0.5, 0.6) is 0 Å². The van der Waals surface area contributed by atoms with E-state index in [2.05, 4.69) is 4.98 Å². The van der Waals surface area contributed by atoms with Crippen molar-refractivity contribution >= 4 is 56.9 Å². The smallest absolute Gasteiger partial charge is 0.410 e. The van der Waals surface area contributed by atoms with Gasteiger partial charge in [0, 0.05) is 16.4 Å². The molecular weight excluding hydrogens is 460 g/mol. The van der Waals surface area contributed by atoms with Gasteiger partial charge in [0.2, 0.25) is 5.91 Å². The Morgan fingerprint density at radius 1 is 1.32 bits per heavy atom. The van der Waals surface area contributed by atoms with E-state index in [1.54, 1.807) is 36.1 Å². The Kier molecular flexibility index (Phi) is 6.22. The average molecular weight is 479 g/mol. The highest BCUT2D eigenvalue weighted by Crippen LogP contribution is 2.34. The first kappa shape index (κ1) is 21.7. The third-order valence-electron chi connectivity index (χ3n) is 4.80. The van der Waals surface area contributed by atoms with Crippen molar-refractivity contribution in [2.24, 2.45) is 5.73 Å². The van der Waals surface area contributed by atoms with Gasteiger partial charge in [0.1, 0.15) is 4.83 Å². The van der Waals surface area contributed by atoms with Crippen LogP contribution >= 0.6 is 34.7 Å². The van der Waals surface area contributed by atoms with Crippen molar-refractivity contribution in [3.05, 3.63) is 50.1 Å². The second-order valence-corrected chi connectivity index (χ2v) is 9.28.